The molecule has 0 bridgehead atoms. The second kappa shape index (κ2) is 8.23. The smallest absolute Gasteiger partial charge is 0.184 e. The van der Waals surface area contributed by atoms with Gasteiger partial charge in [-0.15, -0.1) is 12.4 Å². The number of ether oxygens (including phenoxy) is 2. The molecule has 5 atom stereocenters. The summed E-state index contributed by atoms with van der Waals surface area (Å²) < 4.78 is 10.2. The Morgan fingerprint density at radius 3 is 2.28 bits per heavy atom. The number of aliphatic hydroxyl groups is 4. The molecular formula is C10H22ClNO6. The summed E-state index contributed by atoms with van der Waals surface area (Å²) in [5.74, 6) is 0. The molecule has 8 heteroatoms. The molecule has 1 saturated heterocycles. The van der Waals surface area contributed by atoms with E-state index in [0.29, 0.717) is 13.2 Å². The van der Waals surface area contributed by atoms with E-state index in [9.17, 15) is 15.3 Å². The van der Waals surface area contributed by atoms with Gasteiger partial charge in [0.05, 0.1) is 13.2 Å². The van der Waals surface area contributed by atoms with Crippen molar-refractivity contribution in [2.24, 2.45) is 0 Å². The molecule has 1 aliphatic heterocycles. The molecular weight excluding hydrogens is 266 g/mol. The van der Waals surface area contributed by atoms with E-state index >= 15 is 0 Å². The first-order valence-corrected chi connectivity index (χ1v) is 5.54. The highest BCUT2D eigenvalue weighted by atomic mass is 35.5. The highest BCUT2D eigenvalue weighted by Gasteiger charge is 2.44. The maximum absolute atomic E-state index is 9.73. The molecule has 18 heavy (non-hydrogen) atoms. The van der Waals surface area contributed by atoms with Crippen molar-refractivity contribution in [1.82, 2.24) is 4.90 Å². The maximum Gasteiger partial charge on any atom is 0.184 e. The number of rotatable bonds is 5. The Morgan fingerprint density at radius 2 is 1.78 bits per heavy atom. The minimum Gasteiger partial charge on any atom is -0.394 e. The fourth-order valence-corrected chi connectivity index (χ4v) is 1.62. The summed E-state index contributed by atoms with van der Waals surface area (Å²) in [4.78, 5) is 1.88. The van der Waals surface area contributed by atoms with Crippen LogP contribution in [-0.4, -0.2) is 89.9 Å². The lowest BCUT2D eigenvalue weighted by atomic mass is 9.99. The minimum absolute atomic E-state index is 0. The van der Waals surface area contributed by atoms with Gasteiger partial charge in [0, 0.05) is 6.54 Å². The second-order valence-electron chi connectivity index (χ2n) is 4.37. The lowest BCUT2D eigenvalue weighted by molar-refractivity contribution is -0.296. The molecule has 1 heterocycles. The first-order chi connectivity index (χ1) is 7.97. The lowest BCUT2D eigenvalue weighted by Gasteiger charge is -2.39. The van der Waals surface area contributed by atoms with Crippen molar-refractivity contribution in [2.45, 2.75) is 30.7 Å². The van der Waals surface area contributed by atoms with Crippen molar-refractivity contribution < 1.29 is 29.9 Å². The third kappa shape index (κ3) is 4.60. The normalized spacial score (nSPS) is 36.5. The molecule has 7 nitrogen and oxygen atoms in total. The molecule has 1 aliphatic rings. The molecule has 1 fully saturated rings. The van der Waals surface area contributed by atoms with E-state index in [4.69, 9.17) is 14.6 Å². The van der Waals surface area contributed by atoms with Crippen LogP contribution >= 0.6 is 12.4 Å². The van der Waals surface area contributed by atoms with E-state index < -0.39 is 37.3 Å². The molecule has 0 aliphatic carbocycles. The molecule has 0 aromatic carbocycles. The predicted octanol–water partition coefficient (Wildman–Crippen LogP) is -2.21. The largest absolute Gasteiger partial charge is 0.394 e. The monoisotopic (exact) mass is 287 g/mol. The van der Waals surface area contributed by atoms with Crippen LogP contribution < -0.4 is 0 Å². The number of halogens is 1. The Labute approximate surface area is 112 Å². The van der Waals surface area contributed by atoms with E-state index in [1.807, 2.05) is 19.0 Å². The van der Waals surface area contributed by atoms with Crippen LogP contribution in [0.3, 0.4) is 0 Å². The molecule has 0 saturated carbocycles. The summed E-state index contributed by atoms with van der Waals surface area (Å²) in [6, 6.07) is 0. The van der Waals surface area contributed by atoms with Crippen molar-refractivity contribution in [3.63, 3.8) is 0 Å². The molecule has 4 N–H and O–H groups in total. The number of likely N-dealkylation sites (N-methyl/N-ethyl adjacent to an activating group) is 1. The van der Waals surface area contributed by atoms with Gasteiger partial charge in [-0.1, -0.05) is 0 Å². The van der Waals surface area contributed by atoms with Crippen LogP contribution in [-0.2, 0) is 9.47 Å². The molecule has 110 valence electrons. The molecule has 0 aromatic heterocycles. The average Bonchev–Trinajstić information content (AvgIpc) is 2.27. The van der Waals surface area contributed by atoms with E-state index in [2.05, 4.69) is 0 Å². The Morgan fingerprint density at radius 1 is 1.17 bits per heavy atom. The Bertz CT molecular complexity index is 232. The van der Waals surface area contributed by atoms with Crippen LogP contribution in [0.1, 0.15) is 0 Å². The summed E-state index contributed by atoms with van der Waals surface area (Å²) in [5.41, 5.74) is 0. The van der Waals surface area contributed by atoms with Gasteiger partial charge in [0.15, 0.2) is 6.29 Å². The quantitative estimate of drug-likeness (QED) is 0.454. The van der Waals surface area contributed by atoms with Crippen molar-refractivity contribution in [1.29, 1.82) is 0 Å². The first-order valence-electron chi connectivity index (χ1n) is 5.54. The SMILES string of the molecule is CN(C)CCO[C@@H]1[C@@H](O)[C@H](O)[C@@H](CO)O[C@H]1O.Cl. The number of hydrogen-bond acceptors (Lipinski definition) is 7. The lowest BCUT2D eigenvalue weighted by Crippen LogP contribution is -2.59. The summed E-state index contributed by atoms with van der Waals surface area (Å²) in [6.45, 7) is 0.445. The van der Waals surface area contributed by atoms with Gasteiger partial charge in [0.1, 0.15) is 24.4 Å². The Hall–Kier alpha value is 0.01000. The van der Waals surface area contributed by atoms with E-state index in [-0.39, 0.29) is 12.4 Å². The zero-order valence-corrected chi connectivity index (χ0v) is 11.3. The van der Waals surface area contributed by atoms with Gasteiger partial charge in [-0.3, -0.25) is 0 Å². The summed E-state index contributed by atoms with van der Waals surface area (Å²) in [5, 5.41) is 37.8. The molecule has 0 aromatic rings. The number of nitrogens with zero attached hydrogens (tertiary/aromatic N) is 1. The van der Waals surface area contributed by atoms with Gasteiger partial charge in [-0.05, 0) is 14.1 Å². The van der Waals surface area contributed by atoms with Crippen LogP contribution in [0, 0.1) is 0 Å². The standard InChI is InChI=1S/C10H21NO6.ClH/c1-11(2)3-4-16-9-8(14)7(13)6(5-12)17-10(9)15;/h6-10,12-15H,3-5H2,1-2H3;1H/t6-,7-,8+,9-,10-;/m1./s1. The van der Waals surface area contributed by atoms with Crippen LogP contribution in [0.15, 0.2) is 0 Å². The predicted molar refractivity (Wildman–Crippen MR) is 65.5 cm³/mol. The zero-order valence-electron chi connectivity index (χ0n) is 10.5. The third-order valence-corrected chi connectivity index (χ3v) is 2.69. The molecule has 0 radical (unpaired) electrons. The van der Waals surface area contributed by atoms with Crippen molar-refractivity contribution >= 4 is 12.4 Å². The highest BCUT2D eigenvalue weighted by Crippen LogP contribution is 2.21. The summed E-state index contributed by atoms with van der Waals surface area (Å²) in [6.07, 6.45) is -5.90. The number of aliphatic hydroxyl groups excluding tert-OH is 4. The fraction of sp³-hybridized carbons (Fsp3) is 1.00. The van der Waals surface area contributed by atoms with Crippen LogP contribution in [0.4, 0.5) is 0 Å². The van der Waals surface area contributed by atoms with Crippen LogP contribution in [0.25, 0.3) is 0 Å². The topological polar surface area (TPSA) is 103 Å². The number of hydrogen-bond donors (Lipinski definition) is 4. The van der Waals surface area contributed by atoms with Crippen LogP contribution in [0.2, 0.25) is 0 Å². The summed E-state index contributed by atoms with van der Waals surface area (Å²) in [7, 11) is 3.73. The fourth-order valence-electron chi connectivity index (χ4n) is 1.62. The van der Waals surface area contributed by atoms with Crippen LogP contribution in [0.5, 0.6) is 0 Å². The third-order valence-electron chi connectivity index (χ3n) is 2.69. The van der Waals surface area contributed by atoms with E-state index in [1.54, 1.807) is 0 Å². The van der Waals surface area contributed by atoms with Gasteiger partial charge in [0.2, 0.25) is 0 Å². The van der Waals surface area contributed by atoms with E-state index in [1.165, 1.54) is 0 Å². The van der Waals surface area contributed by atoms with Crippen molar-refractivity contribution in [3.05, 3.63) is 0 Å². The van der Waals surface area contributed by atoms with Gasteiger partial charge < -0.3 is 34.8 Å². The summed E-state index contributed by atoms with van der Waals surface area (Å²) >= 11 is 0. The second-order valence-corrected chi connectivity index (χ2v) is 4.37. The van der Waals surface area contributed by atoms with Gasteiger partial charge in [-0.2, -0.15) is 0 Å². The Balaban J connectivity index is 0.00000289. The molecule has 0 spiro atoms. The average molecular weight is 288 g/mol. The minimum atomic E-state index is -1.35. The van der Waals surface area contributed by atoms with Gasteiger partial charge in [0.25, 0.3) is 0 Å². The molecule has 0 unspecified atom stereocenters. The Kier molecular flexibility index (Phi) is 8.24. The first kappa shape index (κ1) is 18.0. The van der Waals surface area contributed by atoms with E-state index in [0.717, 1.165) is 0 Å². The maximum atomic E-state index is 9.73. The van der Waals surface area contributed by atoms with Gasteiger partial charge >= 0.3 is 0 Å². The highest BCUT2D eigenvalue weighted by molar-refractivity contribution is 5.85. The molecule has 0 amide bonds. The zero-order chi connectivity index (χ0) is 13.0. The van der Waals surface area contributed by atoms with Crippen molar-refractivity contribution in [3.8, 4) is 0 Å². The molecule has 1 rings (SSSR count). The van der Waals surface area contributed by atoms with Gasteiger partial charge in [-0.25, -0.2) is 0 Å². The van der Waals surface area contributed by atoms with Crippen molar-refractivity contribution in [2.75, 3.05) is 33.9 Å².